The zero-order chi connectivity index (χ0) is 40.1. The molecule has 292 valence electrons. The van der Waals surface area contributed by atoms with Gasteiger partial charge in [-0.25, -0.2) is 4.98 Å². The number of carbonyl (C=O) groups excluding carboxylic acids is 2. The molecule has 3 heterocycles. The van der Waals surface area contributed by atoms with Gasteiger partial charge in [-0.3, -0.25) is 9.59 Å². The first-order chi connectivity index (χ1) is 23.6. The van der Waals surface area contributed by atoms with Crippen LogP contribution >= 0.6 is 11.3 Å². The Morgan fingerprint density at radius 1 is 1.06 bits per heavy atom. The molecule has 8 heteroatoms. The number of nitrogens with zero attached hydrogens (tertiary/aromatic N) is 1. The number of ether oxygens (including phenoxy) is 1. The van der Waals surface area contributed by atoms with E-state index >= 15 is 0 Å². The van der Waals surface area contributed by atoms with Crippen LogP contribution in [0.1, 0.15) is 155 Å². The van der Waals surface area contributed by atoms with E-state index in [4.69, 9.17) is 11.1 Å². The van der Waals surface area contributed by atoms with Crippen molar-refractivity contribution in [2.75, 3.05) is 0 Å². The third kappa shape index (κ3) is 8.24. The van der Waals surface area contributed by atoms with Crippen LogP contribution in [0, 0.1) is 58.2 Å². The Morgan fingerprint density at radius 2 is 1.65 bits per heavy atom. The summed E-state index contributed by atoms with van der Waals surface area (Å²) in [5.74, 6) is -2.58. The SMILES string of the molecule is [2H]C(C)(C)c1nc(/C=C(\C(C)C)[C@@H]2C[C@]3(C)O[C@]3(C(C)C)CC(C)C(C)[C@H](C(C)C)[C@H](O)[C@@H](C)C(=O)C(CC)(C(C)(C)C)[C@@H](O)C(C)C(=O)N2)cs1. The van der Waals surface area contributed by atoms with Crippen LogP contribution in [-0.2, 0) is 14.3 Å². The molecular weight excluding hydrogens is 657 g/mol. The first-order valence-corrected chi connectivity index (χ1v) is 20.6. The number of aliphatic hydroxyl groups is 2. The number of hydrogen-bond acceptors (Lipinski definition) is 7. The maximum atomic E-state index is 14.9. The number of aromatic nitrogens is 1. The lowest BCUT2D eigenvalue weighted by atomic mass is 9.54. The number of thiazole rings is 1. The zero-order valence-corrected chi connectivity index (χ0v) is 35.9. The second-order valence-corrected chi connectivity index (χ2v) is 19.7. The lowest BCUT2D eigenvalue weighted by molar-refractivity contribution is -0.164. The molecule has 3 N–H and O–H groups in total. The molecule has 2 aliphatic heterocycles. The average Bonchev–Trinajstić information content (AvgIpc) is 3.33. The topological polar surface area (TPSA) is 112 Å². The van der Waals surface area contributed by atoms with Crippen LogP contribution in [-0.4, -0.2) is 56.3 Å². The molecule has 0 radical (unpaired) electrons. The van der Waals surface area contributed by atoms with Crippen LogP contribution in [0.25, 0.3) is 6.08 Å². The summed E-state index contributed by atoms with van der Waals surface area (Å²) in [4.78, 5) is 34.3. The number of fused-ring (bicyclic) bond motifs is 1. The van der Waals surface area contributed by atoms with Gasteiger partial charge in [0.05, 0.1) is 45.9 Å². The minimum Gasteiger partial charge on any atom is -0.392 e. The van der Waals surface area contributed by atoms with Gasteiger partial charge in [-0.05, 0) is 72.3 Å². The van der Waals surface area contributed by atoms with Crippen molar-refractivity contribution in [2.45, 2.75) is 172 Å². The fourth-order valence-electron chi connectivity index (χ4n) is 9.87. The second kappa shape index (κ2) is 16.0. The molecule has 0 spiro atoms. The summed E-state index contributed by atoms with van der Waals surface area (Å²) in [5, 5.41) is 30.6. The number of nitrogens with one attached hydrogen (secondary N) is 1. The monoisotopic (exact) mass is 732 g/mol. The summed E-state index contributed by atoms with van der Waals surface area (Å²) in [6.07, 6.45) is 1.48. The summed E-state index contributed by atoms with van der Waals surface area (Å²) in [6, 6.07) is -0.437. The molecule has 1 amide bonds. The lowest BCUT2D eigenvalue weighted by Crippen LogP contribution is -2.59. The minimum absolute atomic E-state index is 0.0417. The van der Waals surface area contributed by atoms with Crippen LogP contribution in [0.15, 0.2) is 11.0 Å². The van der Waals surface area contributed by atoms with Crippen molar-refractivity contribution in [3.05, 3.63) is 21.7 Å². The maximum Gasteiger partial charge on any atom is 0.225 e. The van der Waals surface area contributed by atoms with Gasteiger partial charge >= 0.3 is 0 Å². The van der Waals surface area contributed by atoms with Crippen molar-refractivity contribution >= 4 is 29.1 Å². The van der Waals surface area contributed by atoms with Crippen LogP contribution in [0.3, 0.4) is 0 Å². The molecule has 0 saturated carbocycles. The highest BCUT2D eigenvalue weighted by Gasteiger charge is 2.69. The molecule has 51 heavy (non-hydrogen) atoms. The summed E-state index contributed by atoms with van der Waals surface area (Å²) in [5.41, 5.74) is -1.24. The number of carbonyl (C=O) groups is 2. The number of hydrogen-bond donors (Lipinski definition) is 3. The molecular formula is C43H74N2O5S. The highest BCUT2D eigenvalue weighted by atomic mass is 32.1. The summed E-state index contributed by atoms with van der Waals surface area (Å²) in [7, 11) is 0. The van der Waals surface area contributed by atoms with Crippen LogP contribution in [0.2, 0.25) is 0 Å². The van der Waals surface area contributed by atoms with Crippen LogP contribution in [0.5, 0.6) is 0 Å². The van der Waals surface area contributed by atoms with E-state index in [1.165, 1.54) is 11.3 Å². The van der Waals surface area contributed by atoms with E-state index in [1.54, 1.807) is 6.92 Å². The van der Waals surface area contributed by atoms with Crippen LogP contribution < -0.4 is 5.32 Å². The van der Waals surface area contributed by atoms with E-state index in [9.17, 15) is 19.8 Å². The molecule has 4 unspecified atom stereocenters. The highest BCUT2D eigenvalue weighted by Crippen LogP contribution is 2.60. The largest absolute Gasteiger partial charge is 0.392 e. The van der Waals surface area contributed by atoms with E-state index < -0.39 is 58.0 Å². The maximum absolute atomic E-state index is 14.9. The Balaban J connectivity index is 2.30. The van der Waals surface area contributed by atoms with E-state index in [0.717, 1.165) is 22.7 Å². The van der Waals surface area contributed by atoms with E-state index in [-0.39, 0.29) is 47.2 Å². The van der Waals surface area contributed by atoms with E-state index in [0.29, 0.717) is 12.8 Å². The molecule has 0 aromatic carbocycles. The molecule has 2 saturated heterocycles. The second-order valence-electron chi connectivity index (χ2n) is 18.8. The standard InChI is InChI=1S/C43H74N2O5S/c1-18-42(40(14,15)16)36(47)29(12)35(46)34(24(4)5)28(11)27(10)20-43(26(8)9)41(17,50-43)21-33(45-38(49)30(13)37(42)48)32(23(2)3)19-31-22-51-39(44-31)25(6)7/h19,22-30,33-35,37,46,48H,18,20-21H2,1-17H3,(H,45,49)/b32-19+/t27?,28?,29-,30?,33+,34+,35-,37+,41+,42?,43+/m1/s1/i25D. The first-order valence-electron chi connectivity index (χ1n) is 20.2. The molecule has 3 rings (SSSR count). The smallest absolute Gasteiger partial charge is 0.225 e. The van der Waals surface area contributed by atoms with Crippen molar-refractivity contribution in [3.8, 4) is 0 Å². The molecule has 1 aromatic heterocycles. The molecule has 0 aliphatic carbocycles. The number of epoxide rings is 1. The zero-order valence-electron chi connectivity index (χ0n) is 36.1. The molecule has 2 fully saturated rings. The molecule has 7 nitrogen and oxygen atoms in total. The van der Waals surface area contributed by atoms with Gasteiger partial charge in [-0.1, -0.05) is 111 Å². The molecule has 11 atom stereocenters. The predicted molar refractivity (Wildman–Crippen MR) is 211 cm³/mol. The van der Waals surface area contributed by atoms with Crippen molar-refractivity contribution in [3.63, 3.8) is 0 Å². The Labute approximate surface area is 316 Å². The van der Waals surface area contributed by atoms with Crippen molar-refractivity contribution in [1.29, 1.82) is 0 Å². The lowest BCUT2D eigenvalue weighted by Gasteiger charge is -2.50. The third-order valence-corrected chi connectivity index (χ3v) is 14.5. The average molecular weight is 732 g/mol. The molecule has 0 bridgehead atoms. The van der Waals surface area contributed by atoms with Gasteiger partial charge in [0.15, 0.2) is 0 Å². The molecule has 1 aromatic rings. The Bertz CT molecular complexity index is 1440. The number of Topliss-reactive ketones (excluding diaryl/α,β-unsaturated/α-hetero) is 1. The number of amides is 1. The van der Waals surface area contributed by atoms with Gasteiger partial charge in [0.2, 0.25) is 5.91 Å². The summed E-state index contributed by atoms with van der Waals surface area (Å²) < 4.78 is 15.4. The number of ketones is 1. The Morgan fingerprint density at radius 3 is 2.10 bits per heavy atom. The van der Waals surface area contributed by atoms with Gasteiger partial charge < -0.3 is 20.3 Å². The van der Waals surface area contributed by atoms with Crippen molar-refractivity contribution in [1.82, 2.24) is 10.3 Å². The Hall–Kier alpha value is -1.61. The van der Waals surface area contributed by atoms with Gasteiger partial charge in [0, 0.05) is 25.0 Å². The summed E-state index contributed by atoms with van der Waals surface area (Å²) >= 11 is 1.47. The fraction of sp³-hybridized carbons (Fsp3) is 0.837. The predicted octanol–water partition coefficient (Wildman–Crippen LogP) is 9.32. The number of rotatable bonds is 7. The van der Waals surface area contributed by atoms with E-state index in [2.05, 4.69) is 73.7 Å². The normalized spacial score (nSPS) is 38.5. The highest BCUT2D eigenvalue weighted by molar-refractivity contribution is 7.09. The van der Waals surface area contributed by atoms with Crippen LogP contribution in [0.4, 0.5) is 0 Å². The quantitative estimate of drug-likeness (QED) is 0.241. The Kier molecular flexibility index (Phi) is 13.2. The van der Waals surface area contributed by atoms with Gasteiger partial charge in [-0.15, -0.1) is 11.3 Å². The van der Waals surface area contributed by atoms with Gasteiger partial charge in [-0.2, -0.15) is 0 Å². The first kappa shape index (κ1) is 42.1. The minimum atomic E-state index is -1.29. The fourth-order valence-corrected chi connectivity index (χ4v) is 10.6. The van der Waals surface area contributed by atoms with E-state index in [1.807, 2.05) is 53.8 Å². The van der Waals surface area contributed by atoms with Gasteiger partial charge in [0.25, 0.3) is 0 Å². The van der Waals surface area contributed by atoms with Gasteiger partial charge in [0.1, 0.15) is 11.4 Å². The van der Waals surface area contributed by atoms with Crippen molar-refractivity contribution < 1.29 is 25.9 Å². The number of aliphatic hydroxyl groups excluding tert-OH is 2. The van der Waals surface area contributed by atoms with Crippen molar-refractivity contribution in [2.24, 2.45) is 58.2 Å². The summed E-state index contributed by atoms with van der Waals surface area (Å²) in [6.45, 7) is 34.5. The third-order valence-electron chi connectivity index (χ3n) is 13.4. The molecule has 2 aliphatic rings.